The lowest BCUT2D eigenvalue weighted by molar-refractivity contribution is -0.123. The lowest BCUT2D eigenvalue weighted by Gasteiger charge is -2.08. The zero-order valence-electron chi connectivity index (χ0n) is 12.8. The van der Waals surface area contributed by atoms with Crippen LogP contribution in [0.2, 0.25) is 0 Å². The Morgan fingerprint density at radius 1 is 1.30 bits per heavy atom. The molecule has 5 nitrogen and oxygen atoms in total. The van der Waals surface area contributed by atoms with E-state index in [1.54, 1.807) is 18.2 Å². The third-order valence-corrected chi connectivity index (χ3v) is 3.74. The second-order valence-corrected chi connectivity index (χ2v) is 6.30. The van der Waals surface area contributed by atoms with E-state index in [1.165, 1.54) is 6.21 Å². The molecule has 0 aliphatic carbocycles. The molecule has 0 radical (unpaired) electrons. The third-order valence-electron chi connectivity index (χ3n) is 3.07. The first-order valence-electron chi connectivity index (χ1n) is 6.96. The van der Waals surface area contributed by atoms with E-state index in [-0.39, 0.29) is 18.3 Å². The van der Waals surface area contributed by atoms with Crippen molar-refractivity contribution in [2.24, 2.45) is 5.10 Å². The molecule has 120 valence electrons. The van der Waals surface area contributed by atoms with Gasteiger partial charge in [0.25, 0.3) is 5.91 Å². The molecule has 2 aromatic carbocycles. The van der Waals surface area contributed by atoms with Crippen molar-refractivity contribution in [1.29, 1.82) is 0 Å². The number of carbonyl (C=O) groups excluding carboxylic acids is 1. The molecule has 0 unspecified atom stereocenters. The van der Waals surface area contributed by atoms with E-state index in [0.717, 1.165) is 14.7 Å². The van der Waals surface area contributed by atoms with Crippen molar-refractivity contribution < 1.29 is 14.6 Å². The minimum Gasteiger partial charge on any atom is -0.507 e. The molecule has 0 atom stereocenters. The number of hydrogen-bond donors (Lipinski definition) is 2. The molecular formula is C17H17IN2O3. The summed E-state index contributed by atoms with van der Waals surface area (Å²) in [6.45, 7) is 3.80. The molecule has 0 aliphatic heterocycles. The van der Waals surface area contributed by atoms with Gasteiger partial charge in [-0.15, -0.1) is 0 Å². The van der Waals surface area contributed by atoms with Crippen LogP contribution in [0.15, 0.2) is 41.5 Å². The van der Waals surface area contributed by atoms with E-state index in [4.69, 9.17) is 4.74 Å². The Hall–Kier alpha value is -2.09. The molecule has 0 heterocycles. The van der Waals surface area contributed by atoms with E-state index >= 15 is 0 Å². The number of aromatic hydroxyl groups is 1. The number of aryl methyl sites for hydroxylation is 2. The molecule has 23 heavy (non-hydrogen) atoms. The van der Waals surface area contributed by atoms with Crippen LogP contribution in [0, 0.1) is 17.4 Å². The first-order chi connectivity index (χ1) is 11.0. The highest BCUT2D eigenvalue weighted by Gasteiger charge is 2.04. The summed E-state index contributed by atoms with van der Waals surface area (Å²) in [6.07, 6.45) is 1.40. The number of hydrazone groups is 1. The highest BCUT2D eigenvalue weighted by Crippen LogP contribution is 2.19. The first kappa shape index (κ1) is 17.3. The van der Waals surface area contributed by atoms with Crippen LogP contribution in [0.5, 0.6) is 11.5 Å². The summed E-state index contributed by atoms with van der Waals surface area (Å²) >= 11 is 2.13. The molecule has 6 heteroatoms. The molecule has 0 saturated heterocycles. The van der Waals surface area contributed by atoms with Crippen LogP contribution < -0.4 is 10.2 Å². The number of phenolic OH excluding ortho intramolecular Hbond substituents is 1. The minimum atomic E-state index is -0.369. The van der Waals surface area contributed by atoms with Crippen LogP contribution >= 0.6 is 22.6 Å². The fourth-order valence-corrected chi connectivity index (χ4v) is 2.45. The molecule has 0 spiro atoms. The molecule has 0 bridgehead atoms. The summed E-state index contributed by atoms with van der Waals surface area (Å²) in [6, 6.07) is 10.9. The molecule has 2 aromatic rings. The van der Waals surface area contributed by atoms with Crippen LogP contribution in [0.1, 0.15) is 16.7 Å². The van der Waals surface area contributed by atoms with Gasteiger partial charge in [-0.1, -0.05) is 17.7 Å². The molecule has 2 rings (SSSR count). The van der Waals surface area contributed by atoms with E-state index in [9.17, 15) is 9.90 Å². The summed E-state index contributed by atoms with van der Waals surface area (Å²) < 4.78 is 6.43. The van der Waals surface area contributed by atoms with Crippen LogP contribution in [-0.2, 0) is 4.79 Å². The normalized spacial score (nSPS) is 10.7. The number of rotatable bonds is 5. The molecule has 0 fully saturated rings. The Morgan fingerprint density at radius 3 is 2.83 bits per heavy atom. The zero-order valence-corrected chi connectivity index (χ0v) is 15.0. The van der Waals surface area contributed by atoms with E-state index < -0.39 is 0 Å². The Morgan fingerprint density at radius 2 is 2.09 bits per heavy atom. The smallest absolute Gasteiger partial charge is 0.277 e. The molecule has 2 N–H and O–H groups in total. The largest absolute Gasteiger partial charge is 0.507 e. The van der Waals surface area contributed by atoms with Gasteiger partial charge < -0.3 is 9.84 Å². The average Bonchev–Trinajstić information content (AvgIpc) is 2.50. The highest BCUT2D eigenvalue weighted by molar-refractivity contribution is 14.1. The van der Waals surface area contributed by atoms with Gasteiger partial charge in [-0.25, -0.2) is 5.43 Å². The highest BCUT2D eigenvalue weighted by atomic mass is 127. The first-order valence-corrected chi connectivity index (χ1v) is 8.04. The van der Waals surface area contributed by atoms with Gasteiger partial charge >= 0.3 is 0 Å². The second kappa shape index (κ2) is 7.96. The number of nitrogens with zero attached hydrogens (tertiary/aromatic N) is 1. The topological polar surface area (TPSA) is 70.9 Å². The van der Waals surface area contributed by atoms with Crippen LogP contribution in [-0.4, -0.2) is 23.8 Å². The molecular weight excluding hydrogens is 407 g/mol. The summed E-state index contributed by atoms with van der Waals surface area (Å²) in [4.78, 5) is 11.7. The third kappa shape index (κ3) is 5.24. The average molecular weight is 424 g/mol. The van der Waals surface area contributed by atoms with Gasteiger partial charge in [0.2, 0.25) is 0 Å². The van der Waals surface area contributed by atoms with Gasteiger partial charge in [-0.2, -0.15) is 5.10 Å². The van der Waals surface area contributed by atoms with Crippen molar-refractivity contribution in [3.63, 3.8) is 0 Å². The second-order valence-electron chi connectivity index (χ2n) is 5.05. The molecule has 0 aliphatic rings. The maximum absolute atomic E-state index is 11.7. The van der Waals surface area contributed by atoms with Crippen molar-refractivity contribution in [3.05, 3.63) is 56.7 Å². The van der Waals surface area contributed by atoms with Crippen LogP contribution in [0.25, 0.3) is 0 Å². The summed E-state index contributed by atoms with van der Waals surface area (Å²) in [5, 5.41) is 13.5. The maximum atomic E-state index is 11.7. The lowest BCUT2D eigenvalue weighted by Crippen LogP contribution is -2.24. The molecule has 0 saturated carbocycles. The minimum absolute atomic E-state index is 0.106. The van der Waals surface area contributed by atoms with Gasteiger partial charge in [0.05, 0.1) is 6.21 Å². The Balaban J connectivity index is 1.87. The SMILES string of the molecule is Cc1ccc(OCC(=O)NN=Cc2cc(I)ccc2O)c(C)c1. The number of nitrogens with one attached hydrogen (secondary N) is 1. The summed E-state index contributed by atoms with van der Waals surface area (Å²) in [7, 11) is 0. The van der Waals surface area contributed by atoms with Crippen molar-refractivity contribution in [2.75, 3.05) is 6.61 Å². The van der Waals surface area contributed by atoms with E-state index in [1.807, 2.05) is 32.0 Å². The summed E-state index contributed by atoms with van der Waals surface area (Å²) in [5.74, 6) is 0.409. The number of benzene rings is 2. The monoisotopic (exact) mass is 424 g/mol. The fraction of sp³-hybridized carbons (Fsp3) is 0.176. The van der Waals surface area contributed by atoms with E-state index in [0.29, 0.717) is 11.3 Å². The standard InChI is InChI=1S/C17H17IN2O3/c1-11-3-6-16(12(2)7-11)23-10-17(22)20-19-9-13-8-14(18)4-5-15(13)21/h3-9,21H,10H2,1-2H3,(H,20,22). The van der Waals surface area contributed by atoms with Crippen molar-refractivity contribution in [2.45, 2.75) is 13.8 Å². The van der Waals surface area contributed by atoms with E-state index in [2.05, 4.69) is 33.1 Å². The Labute approximate surface area is 148 Å². The predicted molar refractivity (Wildman–Crippen MR) is 98.0 cm³/mol. The maximum Gasteiger partial charge on any atom is 0.277 e. The van der Waals surface area contributed by atoms with Crippen LogP contribution in [0.3, 0.4) is 0 Å². The Kier molecular flexibility index (Phi) is 5.97. The van der Waals surface area contributed by atoms with Gasteiger partial charge in [0, 0.05) is 9.13 Å². The molecule has 1 amide bonds. The van der Waals surface area contributed by atoms with Crippen molar-refractivity contribution >= 4 is 34.7 Å². The van der Waals surface area contributed by atoms with Crippen molar-refractivity contribution in [1.82, 2.24) is 5.43 Å². The summed E-state index contributed by atoms with van der Waals surface area (Å²) in [5.41, 5.74) is 5.02. The predicted octanol–water partition coefficient (Wildman–Crippen LogP) is 3.14. The van der Waals surface area contributed by atoms with Gasteiger partial charge in [0.15, 0.2) is 6.61 Å². The van der Waals surface area contributed by atoms with Gasteiger partial charge in [0.1, 0.15) is 11.5 Å². The fourth-order valence-electron chi connectivity index (χ4n) is 1.94. The number of amides is 1. The molecule has 0 aromatic heterocycles. The zero-order chi connectivity index (χ0) is 16.8. The number of ether oxygens (including phenoxy) is 1. The number of phenols is 1. The van der Waals surface area contributed by atoms with Crippen LogP contribution in [0.4, 0.5) is 0 Å². The number of halogens is 1. The van der Waals surface area contributed by atoms with Gasteiger partial charge in [-0.05, 0) is 66.3 Å². The quantitative estimate of drug-likeness (QED) is 0.440. The number of hydrogen-bond acceptors (Lipinski definition) is 4. The van der Waals surface area contributed by atoms with Gasteiger partial charge in [-0.3, -0.25) is 4.79 Å². The lowest BCUT2D eigenvalue weighted by atomic mass is 10.1. The number of carbonyl (C=O) groups is 1. The van der Waals surface area contributed by atoms with Crippen molar-refractivity contribution in [3.8, 4) is 11.5 Å². The Bertz CT molecular complexity index is 745.